The Hall–Kier alpha value is -1.53. The van der Waals surface area contributed by atoms with Gasteiger partial charge in [0.25, 0.3) is 0 Å². The van der Waals surface area contributed by atoms with Crippen molar-refractivity contribution in [1.29, 1.82) is 0 Å². The molecule has 2 fully saturated rings. The van der Waals surface area contributed by atoms with Gasteiger partial charge in [-0.2, -0.15) is 0 Å². The molecule has 1 unspecified atom stereocenters. The lowest BCUT2D eigenvalue weighted by molar-refractivity contribution is -0.171. The van der Waals surface area contributed by atoms with Crippen molar-refractivity contribution < 1.29 is 19.4 Å². The van der Waals surface area contributed by atoms with Crippen LogP contribution in [0.5, 0.6) is 0 Å². The Morgan fingerprint density at radius 1 is 1.39 bits per heavy atom. The highest BCUT2D eigenvalue weighted by Gasteiger charge is 2.64. The molecule has 2 heterocycles. The van der Waals surface area contributed by atoms with E-state index in [1.54, 1.807) is 23.6 Å². The van der Waals surface area contributed by atoms with Gasteiger partial charge in [-0.05, 0) is 26.3 Å². The summed E-state index contributed by atoms with van der Waals surface area (Å²) in [5.74, 6) is -0.970. The first kappa shape index (κ1) is 16.3. The standard InChI is InChI=1S/C17H21NO4S/c1-10(19)12-14(20)18-13(17(2,3)23-15(12)18)16(21)22-9-11-7-5-4-6-8-11/h4-8,10,12-13,15,19H,9H2,1-3H3/t10?,12-,13-,15+/m0/s1. The van der Waals surface area contributed by atoms with Crippen LogP contribution >= 0.6 is 11.8 Å². The van der Waals surface area contributed by atoms with E-state index in [0.717, 1.165) is 5.56 Å². The van der Waals surface area contributed by atoms with Crippen LogP contribution in [0.25, 0.3) is 0 Å². The molecule has 1 aromatic carbocycles. The maximum absolute atomic E-state index is 12.6. The van der Waals surface area contributed by atoms with Gasteiger partial charge in [0.05, 0.1) is 17.4 Å². The fraction of sp³-hybridized carbons (Fsp3) is 0.529. The Morgan fingerprint density at radius 2 is 2.04 bits per heavy atom. The molecule has 0 spiro atoms. The normalized spacial score (nSPS) is 29.7. The Kier molecular flexibility index (Phi) is 4.14. The molecule has 2 aliphatic heterocycles. The number of nitrogens with zero attached hydrogens (tertiary/aromatic N) is 1. The molecule has 6 heteroatoms. The third kappa shape index (κ3) is 2.74. The zero-order valence-corrected chi connectivity index (χ0v) is 14.2. The van der Waals surface area contributed by atoms with E-state index in [1.165, 1.54) is 0 Å². The number of β-lactam (4-membered cyclic amide) rings is 1. The molecule has 0 aromatic heterocycles. The number of carbonyl (C=O) groups excluding carboxylic acids is 2. The van der Waals surface area contributed by atoms with E-state index in [-0.39, 0.29) is 23.9 Å². The van der Waals surface area contributed by atoms with Gasteiger partial charge in [0.2, 0.25) is 5.91 Å². The highest BCUT2D eigenvalue weighted by atomic mass is 32.2. The summed E-state index contributed by atoms with van der Waals surface area (Å²) in [7, 11) is 0. The van der Waals surface area contributed by atoms with Crippen molar-refractivity contribution in [3.05, 3.63) is 35.9 Å². The van der Waals surface area contributed by atoms with Crippen molar-refractivity contribution in [2.75, 3.05) is 0 Å². The van der Waals surface area contributed by atoms with Gasteiger partial charge in [-0.3, -0.25) is 4.79 Å². The lowest BCUT2D eigenvalue weighted by atomic mass is 9.88. The minimum Gasteiger partial charge on any atom is -0.459 e. The van der Waals surface area contributed by atoms with Gasteiger partial charge in [0.15, 0.2) is 0 Å². The number of thioether (sulfide) groups is 1. The molecule has 23 heavy (non-hydrogen) atoms. The molecule has 4 atom stereocenters. The molecule has 2 saturated heterocycles. The topological polar surface area (TPSA) is 66.8 Å². The third-order valence-electron chi connectivity index (χ3n) is 4.45. The second-order valence-electron chi connectivity index (χ2n) is 6.62. The van der Waals surface area contributed by atoms with E-state index in [9.17, 15) is 14.7 Å². The number of rotatable bonds is 4. The van der Waals surface area contributed by atoms with Gasteiger partial charge < -0.3 is 14.7 Å². The van der Waals surface area contributed by atoms with Crippen LogP contribution in [0.2, 0.25) is 0 Å². The molecule has 1 aromatic rings. The Balaban J connectivity index is 1.71. The van der Waals surface area contributed by atoms with Crippen LogP contribution in [0.1, 0.15) is 26.3 Å². The summed E-state index contributed by atoms with van der Waals surface area (Å²) < 4.78 is 5.00. The maximum atomic E-state index is 12.6. The second-order valence-corrected chi connectivity index (χ2v) is 8.39. The fourth-order valence-corrected chi connectivity index (χ4v) is 5.07. The number of amides is 1. The third-order valence-corrected chi connectivity index (χ3v) is 6.04. The highest BCUT2D eigenvalue weighted by molar-refractivity contribution is 8.01. The van der Waals surface area contributed by atoms with Crippen molar-refractivity contribution in [1.82, 2.24) is 4.90 Å². The first-order chi connectivity index (χ1) is 10.8. The molecule has 1 amide bonds. The summed E-state index contributed by atoms with van der Waals surface area (Å²) in [5.41, 5.74) is 0.914. The maximum Gasteiger partial charge on any atom is 0.330 e. The van der Waals surface area contributed by atoms with Crippen molar-refractivity contribution in [3.8, 4) is 0 Å². The van der Waals surface area contributed by atoms with Gasteiger partial charge in [-0.25, -0.2) is 4.79 Å². The zero-order valence-electron chi connectivity index (χ0n) is 13.4. The average molecular weight is 335 g/mol. The van der Waals surface area contributed by atoms with Crippen LogP contribution in [0.3, 0.4) is 0 Å². The predicted octanol–water partition coefficient (Wildman–Crippen LogP) is 1.79. The lowest BCUT2D eigenvalue weighted by Gasteiger charge is -2.45. The van der Waals surface area contributed by atoms with Gasteiger partial charge in [-0.15, -0.1) is 11.8 Å². The SMILES string of the molecule is CC(O)[C@H]1C(=O)N2[C@@H]1SC(C)(C)[C@@H]2C(=O)OCc1ccccc1. The molecule has 0 bridgehead atoms. The number of benzene rings is 1. The number of aliphatic hydroxyl groups excluding tert-OH is 1. The van der Waals surface area contributed by atoms with Crippen molar-refractivity contribution in [2.45, 2.75) is 49.6 Å². The van der Waals surface area contributed by atoms with Crippen molar-refractivity contribution in [3.63, 3.8) is 0 Å². The summed E-state index contributed by atoms with van der Waals surface area (Å²) in [6.45, 7) is 5.70. The molecular formula is C17H21NO4S. The second kappa shape index (κ2) is 5.83. The van der Waals surface area contributed by atoms with Crippen LogP contribution in [0, 0.1) is 5.92 Å². The van der Waals surface area contributed by atoms with Crippen LogP contribution in [0.4, 0.5) is 0 Å². The number of fused-ring (bicyclic) bond motifs is 1. The van der Waals surface area contributed by atoms with E-state index in [0.29, 0.717) is 0 Å². The summed E-state index contributed by atoms with van der Waals surface area (Å²) in [4.78, 5) is 26.4. The Labute approximate surface area is 140 Å². The number of aliphatic hydroxyl groups is 1. The molecule has 0 saturated carbocycles. The van der Waals surface area contributed by atoms with Crippen LogP contribution < -0.4 is 0 Å². The van der Waals surface area contributed by atoms with E-state index in [2.05, 4.69) is 0 Å². The summed E-state index contributed by atoms with van der Waals surface area (Å²) in [5, 5.41) is 9.61. The molecule has 0 aliphatic carbocycles. The number of hydrogen-bond donors (Lipinski definition) is 1. The van der Waals surface area contributed by atoms with Gasteiger partial charge in [-0.1, -0.05) is 30.3 Å². The van der Waals surface area contributed by atoms with E-state index < -0.39 is 22.8 Å². The number of carbonyl (C=O) groups is 2. The summed E-state index contributed by atoms with van der Waals surface area (Å²) in [6.07, 6.45) is -0.703. The predicted molar refractivity (Wildman–Crippen MR) is 87.5 cm³/mol. The first-order valence-electron chi connectivity index (χ1n) is 7.71. The fourth-order valence-electron chi connectivity index (χ4n) is 3.27. The van der Waals surface area contributed by atoms with Crippen LogP contribution in [-0.4, -0.2) is 44.1 Å². The lowest BCUT2D eigenvalue weighted by Crippen LogP contribution is -2.65. The molecule has 5 nitrogen and oxygen atoms in total. The van der Waals surface area contributed by atoms with E-state index in [1.807, 2.05) is 44.2 Å². The van der Waals surface area contributed by atoms with E-state index in [4.69, 9.17) is 4.74 Å². The molecule has 1 N–H and O–H groups in total. The minimum atomic E-state index is -0.703. The minimum absolute atomic E-state index is 0.147. The summed E-state index contributed by atoms with van der Waals surface area (Å²) >= 11 is 1.56. The molecule has 3 rings (SSSR count). The van der Waals surface area contributed by atoms with Gasteiger partial charge >= 0.3 is 5.97 Å². The Bertz CT molecular complexity index is 616. The number of hydrogen-bond acceptors (Lipinski definition) is 5. The van der Waals surface area contributed by atoms with Crippen molar-refractivity contribution >= 4 is 23.6 Å². The first-order valence-corrected chi connectivity index (χ1v) is 8.59. The molecule has 0 radical (unpaired) electrons. The monoisotopic (exact) mass is 335 g/mol. The van der Waals surface area contributed by atoms with Crippen LogP contribution in [-0.2, 0) is 20.9 Å². The smallest absolute Gasteiger partial charge is 0.330 e. The van der Waals surface area contributed by atoms with Gasteiger partial charge in [0.1, 0.15) is 12.6 Å². The number of esters is 1. The molecular weight excluding hydrogens is 314 g/mol. The Morgan fingerprint density at radius 3 is 2.65 bits per heavy atom. The van der Waals surface area contributed by atoms with Crippen LogP contribution in [0.15, 0.2) is 30.3 Å². The quantitative estimate of drug-likeness (QED) is 0.671. The van der Waals surface area contributed by atoms with Gasteiger partial charge in [0, 0.05) is 4.75 Å². The average Bonchev–Trinajstić information content (AvgIpc) is 2.73. The highest BCUT2D eigenvalue weighted by Crippen LogP contribution is 2.54. The zero-order chi connectivity index (χ0) is 16.8. The molecule has 124 valence electrons. The number of ether oxygens (including phenoxy) is 1. The summed E-state index contributed by atoms with van der Waals surface area (Å²) in [6, 6.07) is 8.86. The largest absolute Gasteiger partial charge is 0.459 e. The molecule has 2 aliphatic rings. The van der Waals surface area contributed by atoms with Crippen molar-refractivity contribution in [2.24, 2.45) is 5.92 Å². The van der Waals surface area contributed by atoms with E-state index >= 15 is 0 Å².